The maximum Gasteiger partial charge on any atom is 0.251 e. The van der Waals surface area contributed by atoms with Gasteiger partial charge in [0.25, 0.3) is 5.91 Å². The van der Waals surface area contributed by atoms with Gasteiger partial charge in [-0.05, 0) is 36.6 Å². The number of benzene rings is 2. The van der Waals surface area contributed by atoms with Gasteiger partial charge in [-0.25, -0.2) is 0 Å². The van der Waals surface area contributed by atoms with Crippen molar-refractivity contribution in [1.29, 1.82) is 0 Å². The Morgan fingerprint density at radius 3 is 2.92 bits per heavy atom. The third-order valence-corrected chi connectivity index (χ3v) is 5.95. The van der Waals surface area contributed by atoms with Crippen LogP contribution in [0.3, 0.4) is 0 Å². The SMILES string of the molecule is O=C(NC[C@@H]1CCCO1)c1ccc2c(c1)N(Cc1ccccc1)CCS2. The van der Waals surface area contributed by atoms with E-state index in [-0.39, 0.29) is 12.0 Å². The number of nitrogens with zero attached hydrogens (tertiary/aromatic N) is 1. The van der Waals surface area contributed by atoms with Crippen molar-refractivity contribution in [3.05, 3.63) is 59.7 Å². The van der Waals surface area contributed by atoms with Gasteiger partial charge in [0.05, 0.1) is 11.8 Å². The molecule has 0 bridgehead atoms. The standard InChI is InChI=1S/C21H24N2O2S/c24-21(22-14-18-7-4-11-25-18)17-8-9-20-19(13-17)23(10-12-26-20)15-16-5-2-1-3-6-16/h1-3,5-6,8-9,13,18H,4,7,10-12,14-15H2,(H,22,24)/t18-/m0/s1. The summed E-state index contributed by atoms with van der Waals surface area (Å²) in [7, 11) is 0. The molecule has 0 aliphatic carbocycles. The van der Waals surface area contributed by atoms with Crippen LogP contribution in [0.4, 0.5) is 5.69 Å². The summed E-state index contributed by atoms with van der Waals surface area (Å²) >= 11 is 1.86. The van der Waals surface area contributed by atoms with E-state index in [1.54, 1.807) is 0 Å². The largest absolute Gasteiger partial charge is 0.376 e. The van der Waals surface area contributed by atoms with Gasteiger partial charge in [0.15, 0.2) is 0 Å². The second-order valence-electron chi connectivity index (χ2n) is 6.78. The van der Waals surface area contributed by atoms with E-state index >= 15 is 0 Å². The molecule has 1 amide bonds. The lowest BCUT2D eigenvalue weighted by Gasteiger charge is -2.31. The summed E-state index contributed by atoms with van der Waals surface area (Å²) < 4.78 is 5.59. The van der Waals surface area contributed by atoms with Crippen LogP contribution in [0, 0.1) is 0 Å². The van der Waals surface area contributed by atoms with Crippen molar-refractivity contribution >= 4 is 23.4 Å². The van der Waals surface area contributed by atoms with Crippen molar-refractivity contribution in [2.45, 2.75) is 30.4 Å². The first-order valence-corrected chi connectivity index (χ1v) is 10.2. The molecule has 0 aromatic heterocycles. The zero-order valence-corrected chi connectivity index (χ0v) is 15.6. The van der Waals surface area contributed by atoms with Crippen molar-refractivity contribution in [3.8, 4) is 0 Å². The minimum Gasteiger partial charge on any atom is -0.376 e. The molecule has 2 aromatic carbocycles. The van der Waals surface area contributed by atoms with Gasteiger partial charge in [0.1, 0.15) is 0 Å². The number of anilines is 1. The molecular formula is C21H24N2O2S. The Labute approximate surface area is 158 Å². The number of carbonyl (C=O) groups excluding carboxylic acids is 1. The minimum absolute atomic E-state index is 0.0152. The van der Waals surface area contributed by atoms with Crippen LogP contribution >= 0.6 is 11.8 Å². The monoisotopic (exact) mass is 368 g/mol. The van der Waals surface area contributed by atoms with Crippen molar-refractivity contribution in [3.63, 3.8) is 0 Å². The Morgan fingerprint density at radius 1 is 1.23 bits per heavy atom. The number of hydrogen-bond donors (Lipinski definition) is 1. The van der Waals surface area contributed by atoms with E-state index in [9.17, 15) is 4.79 Å². The fourth-order valence-corrected chi connectivity index (χ4v) is 4.53. The quantitative estimate of drug-likeness (QED) is 0.874. The third-order valence-electron chi connectivity index (χ3n) is 4.91. The van der Waals surface area contributed by atoms with Crippen LogP contribution < -0.4 is 10.2 Å². The highest BCUT2D eigenvalue weighted by atomic mass is 32.2. The average molecular weight is 369 g/mol. The Hall–Kier alpha value is -1.98. The molecule has 26 heavy (non-hydrogen) atoms. The zero-order valence-electron chi connectivity index (χ0n) is 14.8. The number of nitrogens with one attached hydrogen (secondary N) is 1. The first kappa shape index (κ1) is 17.4. The van der Waals surface area contributed by atoms with E-state index < -0.39 is 0 Å². The van der Waals surface area contributed by atoms with Gasteiger partial charge < -0.3 is 15.0 Å². The summed E-state index contributed by atoms with van der Waals surface area (Å²) in [5, 5.41) is 3.02. The molecule has 1 fully saturated rings. The number of thioether (sulfide) groups is 1. The molecule has 0 unspecified atom stereocenters. The van der Waals surface area contributed by atoms with Crippen LogP contribution in [0.5, 0.6) is 0 Å². The first-order valence-electron chi connectivity index (χ1n) is 9.25. The van der Waals surface area contributed by atoms with Crippen LogP contribution in [0.25, 0.3) is 0 Å². The molecule has 136 valence electrons. The number of amides is 1. The maximum atomic E-state index is 12.6. The molecule has 1 atom stereocenters. The van der Waals surface area contributed by atoms with E-state index in [0.717, 1.165) is 49.5 Å². The number of rotatable bonds is 5. The van der Waals surface area contributed by atoms with Crippen LogP contribution in [0.2, 0.25) is 0 Å². The van der Waals surface area contributed by atoms with Crippen molar-refractivity contribution < 1.29 is 9.53 Å². The fraction of sp³-hybridized carbons (Fsp3) is 0.381. The zero-order chi connectivity index (χ0) is 17.8. The first-order chi connectivity index (χ1) is 12.8. The highest BCUT2D eigenvalue weighted by molar-refractivity contribution is 7.99. The molecule has 2 aliphatic heterocycles. The molecule has 0 spiro atoms. The Balaban J connectivity index is 1.48. The molecule has 1 saturated heterocycles. The highest BCUT2D eigenvalue weighted by Gasteiger charge is 2.21. The molecule has 0 saturated carbocycles. The summed E-state index contributed by atoms with van der Waals surface area (Å²) in [6.07, 6.45) is 2.29. The molecule has 5 heteroatoms. The topological polar surface area (TPSA) is 41.6 Å². The second-order valence-corrected chi connectivity index (χ2v) is 7.92. The van der Waals surface area contributed by atoms with Crippen LogP contribution in [-0.2, 0) is 11.3 Å². The van der Waals surface area contributed by atoms with Gasteiger partial charge in [-0.15, -0.1) is 11.8 Å². The molecule has 2 heterocycles. The van der Waals surface area contributed by atoms with Crippen molar-refractivity contribution in [2.75, 3.05) is 30.3 Å². The average Bonchev–Trinajstić information content (AvgIpc) is 3.20. The number of fused-ring (bicyclic) bond motifs is 1. The minimum atomic E-state index is -0.0152. The van der Waals surface area contributed by atoms with E-state index in [4.69, 9.17) is 4.74 Å². The smallest absolute Gasteiger partial charge is 0.251 e. The van der Waals surface area contributed by atoms with Crippen LogP contribution in [0.1, 0.15) is 28.8 Å². The lowest BCUT2D eigenvalue weighted by Crippen LogP contribution is -2.32. The summed E-state index contributed by atoms with van der Waals surface area (Å²) in [6.45, 7) is 3.27. The van der Waals surface area contributed by atoms with Gasteiger partial charge in [0.2, 0.25) is 0 Å². The number of carbonyl (C=O) groups is 1. The van der Waals surface area contributed by atoms with E-state index in [0.29, 0.717) is 6.54 Å². The van der Waals surface area contributed by atoms with E-state index in [1.807, 2.05) is 30.0 Å². The summed E-state index contributed by atoms with van der Waals surface area (Å²) in [5.41, 5.74) is 3.18. The van der Waals surface area contributed by atoms with E-state index in [2.05, 4.69) is 40.5 Å². The van der Waals surface area contributed by atoms with Crippen molar-refractivity contribution in [1.82, 2.24) is 5.32 Å². The van der Waals surface area contributed by atoms with Crippen molar-refractivity contribution in [2.24, 2.45) is 0 Å². The lowest BCUT2D eigenvalue weighted by atomic mass is 10.1. The second kappa shape index (κ2) is 8.14. The molecule has 4 nitrogen and oxygen atoms in total. The van der Waals surface area contributed by atoms with Gasteiger partial charge >= 0.3 is 0 Å². The number of hydrogen-bond acceptors (Lipinski definition) is 4. The normalized spacial score (nSPS) is 19.2. The maximum absolute atomic E-state index is 12.6. The molecule has 4 rings (SSSR count). The molecule has 0 radical (unpaired) electrons. The predicted molar refractivity (Wildman–Crippen MR) is 106 cm³/mol. The highest BCUT2D eigenvalue weighted by Crippen LogP contribution is 2.36. The molecular weight excluding hydrogens is 344 g/mol. The van der Waals surface area contributed by atoms with Crippen LogP contribution in [0.15, 0.2) is 53.4 Å². The molecule has 2 aliphatic rings. The third kappa shape index (κ3) is 4.05. The van der Waals surface area contributed by atoms with Gasteiger partial charge in [0, 0.05) is 42.5 Å². The van der Waals surface area contributed by atoms with Crippen LogP contribution in [-0.4, -0.2) is 37.5 Å². The summed E-state index contributed by atoms with van der Waals surface area (Å²) in [5.74, 6) is 1.06. The number of ether oxygens (including phenoxy) is 1. The molecule has 1 N–H and O–H groups in total. The van der Waals surface area contributed by atoms with Gasteiger partial charge in [-0.3, -0.25) is 4.79 Å². The lowest BCUT2D eigenvalue weighted by molar-refractivity contribution is 0.0858. The fourth-order valence-electron chi connectivity index (χ4n) is 3.50. The Bertz CT molecular complexity index is 760. The predicted octanol–water partition coefficient (Wildman–Crippen LogP) is 3.71. The summed E-state index contributed by atoms with van der Waals surface area (Å²) in [6, 6.07) is 16.5. The Morgan fingerprint density at radius 2 is 2.12 bits per heavy atom. The summed E-state index contributed by atoms with van der Waals surface area (Å²) in [4.78, 5) is 16.2. The Kier molecular flexibility index (Phi) is 5.46. The van der Waals surface area contributed by atoms with E-state index in [1.165, 1.54) is 10.5 Å². The van der Waals surface area contributed by atoms with Gasteiger partial charge in [-0.1, -0.05) is 30.3 Å². The van der Waals surface area contributed by atoms with Gasteiger partial charge in [-0.2, -0.15) is 0 Å². The molecule has 2 aromatic rings.